The van der Waals surface area contributed by atoms with Crippen molar-refractivity contribution in [2.75, 3.05) is 4.81 Å². The summed E-state index contributed by atoms with van der Waals surface area (Å²) in [7, 11) is 6.58. The van der Waals surface area contributed by atoms with Crippen LogP contribution in [0.1, 0.15) is 0 Å². The summed E-state index contributed by atoms with van der Waals surface area (Å²) in [6.45, 7) is 0. The third kappa shape index (κ3) is 3.39. The van der Waals surface area contributed by atoms with Crippen LogP contribution < -0.4 is 4.81 Å². The number of rotatable bonds is 4. The number of anilines is 2. The molecule has 0 N–H and O–H groups in total. The standard InChI is InChI=1S/C30H21BN2/c31-33(24-19-17-23(18-20-24)22-9-2-1-3-10-22)26-12-8-11-25(21-26)32-29-15-6-4-13-27(29)28-14-5-7-16-30(28)32/h1-21H. The molecule has 33 heavy (non-hydrogen) atoms. The van der Waals surface area contributed by atoms with E-state index in [1.165, 1.54) is 32.9 Å². The molecule has 0 aliphatic carbocycles. The van der Waals surface area contributed by atoms with Crippen LogP contribution in [0.25, 0.3) is 38.6 Å². The number of nitrogens with zero attached hydrogens (tertiary/aromatic N) is 2. The molecule has 0 spiro atoms. The first-order chi connectivity index (χ1) is 16.3. The SMILES string of the molecule is [B]N(c1ccc(-c2ccccc2)cc1)c1cccc(-n2c3ccccc3c3ccccc32)c1. The highest BCUT2D eigenvalue weighted by Crippen LogP contribution is 2.34. The summed E-state index contributed by atoms with van der Waals surface area (Å²) < 4.78 is 2.31. The predicted molar refractivity (Wildman–Crippen MR) is 141 cm³/mol. The van der Waals surface area contributed by atoms with Gasteiger partial charge < -0.3 is 9.38 Å². The molecular weight excluding hydrogens is 399 g/mol. The van der Waals surface area contributed by atoms with Gasteiger partial charge in [0, 0.05) is 27.8 Å². The van der Waals surface area contributed by atoms with E-state index in [9.17, 15) is 0 Å². The van der Waals surface area contributed by atoms with Crippen LogP contribution >= 0.6 is 0 Å². The van der Waals surface area contributed by atoms with Gasteiger partial charge in [-0.2, -0.15) is 0 Å². The molecule has 0 fully saturated rings. The Hall–Kier alpha value is -4.24. The van der Waals surface area contributed by atoms with Crippen molar-refractivity contribution in [3.8, 4) is 16.8 Å². The quantitative estimate of drug-likeness (QED) is 0.266. The first-order valence-corrected chi connectivity index (χ1v) is 11.1. The van der Waals surface area contributed by atoms with Crippen molar-refractivity contribution in [1.29, 1.82) is 0 Å². The Kier molecular flexibility index (Phi) is 4.73. The van der Waals surface area contributed by atoms with Crippen LogP contribution in [0.15, 0.2) is 127 Å². The van der Waals surface area contributed by atoms with E-state index >= 15 is 0 Å². The molecule has 0 atom stereocenters. The minimum absolute atomic E-state index is 0.932. The molecule has 0 aliphatic rings. The van der Waals surface area contributed by atoms with Crippen molar-refractivity contribution in [1.82, 2.24) is 4.57 Å². The maximum absolute atomic E-state index is 6.58. The summed E-state index contributed by atoms with van der Waals surface area (Å²) in [5.74, 6) is 0. The lowest BCUT2D eigenvalue weighted by Gasteiger charge is -2.22. The molecule has 1 heterocycles. The highest BCUT2D eigenvalue weighted by molar-refractivity contribution is 6.22. The molecule has 0 amide bonds. The van der Waals surface area contributed by atoms with Crippen LogP contribution in [0.2, 0.25) is 0 Å². The Morgan fingerprint density at radius 2 is 1.06 bits per heavy atom. The van der Waals surface area contributed by atoms with Gasteiger partial charge in [-0.3, -0.25) is 0 Å². The Balaban J connectivity index is 1.40. The third-order valence-corrected chi connectivity index (χ3v) is 6.20. The Labute approximate surface area is 194 Å². The van der Waals surface area contributed by atoms with Gasteiger partial charge in [0.1, 0.15) is 0 Å². The fourth-order valence-corrected chi connectivity index (χ4v) is 4.58. The van der Waals surface area contributed by atoms with Crippen LogP contribution in [0, 0.1) is 0 Å². The van der Waals surface area contributed by atoms with E-state index in [0.29, 0.717) is 0 Å². The number of hydrogen-bond donors (Lipinski definition) is 0. The zero-order valence-corrected chi connectivity index (χ0v) is 18.1. The molecule has 2 radical (unpaired) electrons. The number of benzene rings is 5. The molecule has 5 aromatic carbocycles. The molecular formula is C30H21BN2. The lowest BCUT2D eigenvalue weighted by Crippen LogP contribution is -2.12. The molecule has 6 aromatic rings. The van der Waals surface area contributed by atoms with Gasteiger partial charge >= 0.3 is 0 Å². The number of fused-ring (bicyclic) bond motifs is 3. The van der Waals surface area contributed by atoms with Crippen molar-refractivity contribution >= 4 is 41.2 Å². The maximum Gasteiger partial charge on any atom is 0.234 e. The van der Waals surface area contributed by atoms with E-state index in [4.69, 9.17) is 7.98 Å². The Morgan fingerprint density at radius 1 is 0.485 bits per heavy atom. The summed E-state index contributed by atoms with van der Waals surface area (Å²) in [6.07, 6.45) is 0. The average molecular weight is 420 g/mol. The summed E-state index contributed by atoms with van der Waals surface area (Å²) >= 11 is 0. The van der Waals surface area contributed by atoms with Crippen molar-refractivity contribution < 1.29 is 0 Å². The minimum atomic E-state index is 0.932. The molecule has 154 valence electrons. The topological polar surface area (TPSA) is 8.17 Å². The van der Waals surface area contributed by atoms with E-state index in [-0.39, 0.29) is 0 Å². The van der Waals surface area contributed by atoms with E-state index in [1.54, 1.807) is 4.81 Å². The van der Waals surface area contributed by atoms with Gasteiger partial charge in [0.05, 0.1) is 11.0 Å². The van der Waals surface area contributed by atoms with Crippen LogP contribution in [-0.4, -0.2) is 12.5 Å². The molecule has 0 unspecified atom stereocenters. The van der Waals surface area contributed by atoms with E-state index < -0.39 is 0 Å². The Morgan fingerprint density at radius 3 is 1.73 bits per heavy atom. The fourth-order valence-electron chi connectivity index (χ4n) is 4.58. The summed E-state index contributed by atoms with van der Waals surface area (Å²) in [5, 5.41) is 2.50. The summed E-state index contributed by atoms with van der Waals surface area (Å²) in [4.78, 5) is 1.74. The number of hydrogen-bond acceptors (Lipinski definition) is 1. The first kappa shape index (κ1) is 19.5. The van der Waals surface area contributed by atoms with Crippen molar-refractivity contribution in [3.05, 3.63) is 127 Å². The van der Waals surface area contributed by atoms with Crippen LogP contribution in [-0.2, 0) is 0 Å². The number of para-hydroxylation sites is 2. The fraction of sp³-hybridized carbons (Fsp3) is 0. The summed E-state index contributed by atoms with van der Waals surface area (Å²) in [5.41, 5.74) is 7.70. The van der Waals surface area contributed by atoms with Gasteiger partial charge in [-0.15, -0.1) is 0 Å². The van der Waals surface area contributed by atoms with E-state index in [0.717, 1.165) is 17.1 Å². The van der Waals surface area contributed by atoms with E-state index in [2.05, 4.69) is 120 Å². The van der Waals surface area contributed by atoms with Crippen molar-refractivity contribution in [3.63, 3.8) is 0 Å². The average Bonchev–Trinajstić information content (AvgIpc) is 3.23. The normalized spacial score (nSPS) is 11.2. The van der Waals surface area contributed by atoms with Gasteiger partial charge in [0.15, 0.2) is 0 Å². The zero-order valence-electron chi connectivity index (χ0n) is 18.1. The van der Waals surface area contributed by atoms with Crippen LogP contribution in [0.5, 0.6) is 0 Å². The second-order valence-corrected chi connectivity index (χ2v) is 8.17. The largest absolute Gasteiger partial charge is 0.398 e. The molecule has 0 saturated heterocycles. The van der Waals surface area contributed by atoms with Gasteiger partial charge in [-0.05, 0) is 53.6 Å². The van der Waals surface area contributed by atoms with E-state index in [1.807, 2.05) is 12.1 Å². The zero-order chi connectivity index (χ0) is 22.2. The summed E-state index contributed by atoms with van der Waals surface area (Å²) in [6, 6.07) is 44.2. The highest BCUT2D eigenvalue weighted by atomic mass is 15.0. The molecule has 0 saturated carbocycles. The maximum atomic E-state index is 6.58. The Bertz CT molecular complexity index is 1510. The molecule has 2 nitrogen and oxygen atoms in total. The monoisotopic (exact) mass is 420 g/mol. The second-order valence-electron chi connectivity index (χ2n) is 8.17. The molecule has 0 bridgehead atoms. The van der Waals surface area contributed by atoms with Gasteiger partial charge in [-0.1, -0.05) is 84.9 Å². The molecule has 6 rings (SSSR count). The minimum Gasteiger partial charge on any atom is -0.398 e. The first-order valence-electron chi connectivity index (χ1n) is 11.1. The van der Waals surface area contributed by atoms with Gasteiger partial charge in [0.25, 0.3) is 0 Å². The second kappa shape index (κ2) is 8.03. The molecule has 0 aliphatic heterocycles. The smallest absolute Gasteiger partial charge is 0.234 e. The van der Waals surface area contributed by atoms with Gasteiger partial charge in [-0.25, -0.2) is 0 Å². The molecule has 1 aromatic heterocycles. The highest BCUT2D eigenvalue weighted by Gasteiger charge is 2.12. The van der Waals surface area contributed by atoms with Gasteiger partial charge in [0.2, 0.25) is 7.98 Å². The van der Waals surface area contributed by atoms with Crippen molar-refractivity contribution in [2.24, 2.45) is 0 Å². The lowest BCUT2D eigenvalue weighted by molar-refractivity contribution is 1.18. The predicted octanol–water partition coefficient (Wildman–Crippen LogP) is 7.67. The molecule has 3 heteroatoms. The van der Waals surface area contributed by atoms with Crippen LogP contribution in [0.4, 0.5) is 11.4 Å². The third-order valence-electron chi connectivity index (χ3n) is 6.20. The lowest BCUT2D eigenvalue weighted by atomic mass is 10.0. The van der Waals surface area contributed by atoms with Crippen molar-refractivity contribution in [2.45, 2.75) is 0 Å². The van der Waals surface area contributed by atoms with Crippen LogP contribution in [0.3, 0.4) is 0 Å². The number of aromatic nitrogens is 1.